The van der Waals surface area contributed by atoms with E-state index in [0.29, 0.717) is 12.6 Å². The molecule has 0 spiro atoms. The molecule has 2 heterocycles. The lowest BCUT2D eigenvalue weighted by Crippen LogP contribution is -2.08. The van der Waals surface area contributed by atoms with Crippen LogP contribution in [0.4, 0.5) is 5.95 Å². The summed E-state index contributed by atoms with van der Waals surface area (Å²) in [6, 6.07) is 13.8. The molecule has 2 aromatic heterocycles. The van der Waals surface area contributed by atoms with Gasteiger partial charge in [-0.1, -0.05) is 24.3 Å². The van der Waals surface area contributed by atoms with Crippen molar-refractivity contribution in [2.75, 3.05) is 18.5 Å². The highest BCUT2D eigenvalue weighted by Crippen LogP contribution is 2.09. The van der Waals surface area contributed by atoms with Crippen LogP contribution >= 0.6 is 0 Å². The first-order chi connectivity index (χ1) is 10.3. The van der Waals surface area contributed by atoms with Crippen molar-refractivity contribution in [1.29, 1.82) is 0 Å². The fourth-order valence-corrected chi connectivity index (χ4v) is 2.04. The van der Waals surface area contributed by atoms with E-state index in [1.807, 2.05) is 55.6 Å². The molecule has 0 fully saturated rings. The maximum absolute atomic E-state index is 5.63. The normalized spacial score (nSPS) is 10.7. The summed E-state index contributed by atoms with van der Waals surface area (Å²) < 4.78 is 7.42. The summed E-state index contributed by atoms with van der Waals surface area (Å²) in [7, 11) is 0. The molecule has 0 aliphatic rings. The van der Waals surface area contributed by atoms with Crippen LogP contribution in [0.15, 0.2) is 48.7 Å². The molecule has 1 N–H and O–H groups in total. The van der Waals surface area contributed by atoms with Gasteiger partial charge in [-0.3, -0.25) is 0 Å². The first-order valence-electron chi connectivity index (χ1n) is 7.06. The van der Waals surface area contributed by atoms with Crippen LogP contribution in [0.1, 0.15) is 12.0 Å². The monoisotopic (exact) mass is 282 g/mol. The SMILES string of the molecule is Cc1ccc2nc(NCCCOc3ccccc3)nn2c1. The maximum Gasteiger partial charge on any atom is 0.243 e. The average Bonchev–Trinajstić information content (AvgIpc) is 2.90. The lowest BCUT2D eigenvalue weighted by Gasteiger charge is -2.05. The summed E-state index contributed by atoms with van der Waals surface area (Å²) in [4.78, 5) is 4.41. The third-order valence-electron chi connectivity index (χ3n) is 3.10. The standard InChI is InChI=1S/C16H18N4O/c1-13-8-9-15-18-16(19-20(15)12-13)17-10-5-11-21-14-6-3-2-4-7-14/h2-4,6-9,12H,5,10-11H2,1H3,(H,17,19). The molecule has 3 rings (SSSR count). The van der Waals surface area contributed by atoms with Gasteiger partial charge in [0.1, 0.15) is 5.75 Å². The molecular formula is C16H18N4O. The number of nitrogens with zero attached hydrogens (tertiary/aromatic N) is 3. The highest BCUT2D eigenvalue weighted by Gasteiger charge is 2.02. The zero-order valence-electron chi connectivity index (χ0n) is 12.0. The number of pyridine rings is 1. The molecule has 0 saturated carbocycles. The molecule has 0 saturated heterocycles. The molecule has 5 nitrogen and oxygen atoms in total. The summed E-state index contributed by atoms with van der Waals surface area (Å²) in [5.41, 5.74) is 2.01. The third-order valence-corrected chi connectivity index (χ3v) is 3.10. The topological polar surface area (TPSA) is 51.5 Å². The predicted molar refractivity (Wildman–Crippen MR) is 82.8 cm³/mol. The predicted octanol–water partition coefficient (Wildman–Crippen LogP) is 2.92. The van der Waals surface area contributed by atoms with Gasteiger partial charge in [-0.05, 0) is 37.1 Å². The van der Waals surface area contributed by atoms with Gasteiger partial charge in [0.05, 0.1) is 6.61 Å². The van der Waals surface area contributed by atoms with E-state index in [2.05, 4.69) is 15.4 Å². The Bertz CT molecular complexity index is 709. The molecule has 0 aliphatic heterocycles. The molecule has 0 unspecified atom stereocenters. The minimum absolute atomic E-state index is 0.653. The van der Waals surface area contributed by atoms with E-state index in [1.165, 1.54) is 0 Å². The van der Waals surface area contributed by atoms with E-state index in [9.17, 15) is 0 Å². The van der Waals surface area contributed by atoms with Gasteiger partial charge in [0.2, 0.25) is 5.95 Å². The molecule has 0 bridgehead atoms. The van der Waals surface area contributed by atoms with Crippen LogP contribution in [-0.2, 0) is 0 Å². The fraction of sp³-hybridized carbons (Fsp3) is 0.250. The second-order valence-electron chi connectivity index (χ2n) is 4.89. The van der Waals surface area contributed by atoms with E-state index in [0.717, 1.165) is 29.9 Å². The molecule has 0 atom stereocenters. The smallest absolute Gasteiger partial charge is 0.243 e. The Morgan fingerprint density at radius 2 is 2.00 bits per heavy atom. The lowest BCUT2D eigenvalue weighted by atomic mass is 10.3. The maximum atomic E-state index is 5.63. The Kier molecular flexibility index (Phi) is 4.00. The van der Waals surface area contributed by atoms with Crippen LogP contribution < -0.4 is 10.1 Å². The summed E-state index contributed by atoms with van der Waals surface area (Å²) in [6.45, 7) is 3.49. The Labute approximate surface area is 123 Å². The number of rotatable bonds is 6. The molecule has 0 amide bonds. The highest BCUT2D eigenvalue weighted by atomic mass is 16.5. The van der Waals surface area contributed by atoms with Crippen LogP contribution in [0.2, 0.25) is 0 Å². The van der Waals surface area contributed by atoms with Gasteiger partial charge in [0.25, 0.3) is 0 Å². The van der Waals surface area contributed by atoms with Crippen molar-refractivity contribution in [3.05, 3.63) is 54.2 Å². The zero-order chi connectivity index (χ0) is 14.5. The summed E-state index contributed by atoms with van der Waals surface area (Å²) >= 11 is 0. The number of fused-ring (bicyclic) bond motifs is 1. The van der Waals surface area contributed by atoms with Gasteiger partial charge in [-0.15, -0.1) is 5.10 Å². The van der Waals surface area contributed by atoms with Crippen molar-refractivity contribution in [1.82, 2.24) is 14.6 Å². The number of anilines is 1. The number of aromatic nitrogens is 3. The van der Waals surface area contributed by atoms with Crippen LogP contribution in [0, 0.1) is 6.92 Å². The van der Waals surface area contributed by atoms with Gasteiger partial charge >= 0.3 is 0 Å². The minimum atomic E-state index is 0.653. The van der Waals surface area contributed by atoms with Gasteiger partial charge in [-0.2, -0.15) is 4.98 Å². The number of para-hydroxylation sites is 1. The van der Waals surface area contributed by atoms with Crippen molar-refractivity contribution in [2.45, 2.75) is 13.3 Å². The zero-order valence-corrected chi connectivity index (χ0v) is 12.0. The molecular weight excluding hydrogens is 264 g/mol. The molecule has 0 radical (unpaired) electrons. The van der Waals surface area contributed by atoms with E-state index in [4.69, 9.17) is 4.74 Å². The van der Waals surface area contributed by atoms with Crippen LogP contribution in [-0.4, -0.2) is 27.7 Å². The van der Waals surface area contributed by atoms with Crippen LogP contribution in [0.5, 0.6) is 5.75 Å². The van der Waals surface area contributed by atoms with E-state index >= 15 is 0 Å². The van der Waals surface area contributed by atoms with E-state index in [-0.39, 0.29) is 0 Å². The molecule has 1 aromatic carbocycles. The van der Waals surface area contributed by atoms with E-state index < -0.39 is 0 Å². The summed E-state index contributed by atoms with van der Waals surface area (Å²) in [5, 5.41) is 7.60. The largest absolute Gasteiger partial charge is 0.494 e. The number of ether oxygens (including phenoxy) is 1. The fourth-order valence-electron chi connectivity index (χ4n) is 2.04. The Morgan fingerprint density at radius 1 is 1.14 bits per heavy atom. The average molecular weight is 282 g/mol. The van der Waals surface area contributed by atoms with Gasteiger partial charge in [0.15, 0.2) is 5.65 Å². The van der Waals surface area contributed by atoms with Crippen molar-refractivity contribution >= 4 is 11.6 Å². The van der Waals surface area contributed by atoms with Gasteiger partial charge in [-0.25, -0.2) is 4.52 Å². The second-order valence-corrected chi connectivity index (χ2v) is 4.89. The molecule has 5 heteroatoms. The Hall–Kier alpha value is -2.56. The van der Waals surface area contributed by atoms with Crippen LogP contribution in [0.3, 0.4) is 0 Å². The summed E-state index contributed by atoms with van der Waals surface area (Å²) in [5.74, 6) is 1.55. The lowest BCUT2D eigenvalue weighted by molar-refractivity contribution is 0.315. The minimum Gasteiger partial charge on any atom is -0.494 e. The summed E-state index contributed by atoms with van der Waals surface area (Å²) in [6.07, 6.45) is 2.86. The Balaban J connectivity index is 1.46. The second kappa shape index (κ2) is 6.26. The molecule has 0 aliphatic carbocycles. The number of benzene rings is 1. The number of hydrogen-bond acceptors (Lipinski definition) is 4. The quantitative estimate of drug-likeness (QED) is 0.706. The van der Waals surface area contributed by atoms with Gasteiger partial charge in [0, 0.05) is 12.7 Å². The first kappa shape index (κ1) is 13.4. The van der Waals surface area contributed by atoms with Crippen molar-refractivity contribution in [3.63, 3.8) is 0 Å². The number of hydrogen-bond donors (Lipinski definition) is 1. The number of aryl methyl sites for hydroxylation is 1. The van der Waals surface area contributed by atoms with Crippen molar-refractivity contribution < 1.29 is 4.74 Å². The van der Waals surface area contributed by atoms with Gasteiger partial charge < -0.3 is 10.1 Å². The number of nitrogens with one attached hydrogen (secondary N) is 1. The highest BCUT2D eigenvalue weighted by molar-refractivity contribution is 5.44. The van der Waals surface area contributed by atoms with Crippen molar-refractivity contribution in [3.8, 4) is 5.75 Å². The Morgan fingerprint density at radius 3 is 2.86 bits per heavy atom. The molecule has 108 valence electrons. The van der Waals surface area contributed by atoms with E-state index in [1.54, 1.807) is 4.52 Å². The third kappa shape index (κ3) is 3.51. The first-order valence-corrected chi connectivity index (χ1v) is 7.06. The van der Waals surface area contributed by atoms with Crippen LogP contribution in [0.25, 0.3) is 5.65 Å². The molecule has 3 aromatic rings. The molecule has 21 heavy (non-hydrogen) atoms. The van der Waals surface area contributed by atoms with Crippen molar-refractivity contribution in [2.24, 2.45) is 0 Å².